The average molecular weight is 253 g/mol. The summed E-state index contributed by atoms with van der Waals surface area (Å²) in [4.78, 5) is 6.70. The maximum Gasteiger partial charge on any atom is 0.297 e. The Kier molecular flexibility index (Phi) is 5.01. The van der Waals surface area contributed by atoms with Crippen molar-refractivity contribution in [3.63, 3.8) is 0 Å². The van der Waals surface area contributed by atoms with Gasteiger partial charge in [-0.3, -0.25) is 0 Å². The second-order valence-corrected chi connectivity index (χ2v) is 4.54. The Bertz CT molecular complexity index is 346. The molecule has 0 aromatic carbocycles. The molecular weight excluding hydrogens is 230 g/mol. The molecule has 0 amide bonds. The molecule has 0 radical (unpaired) electrons. The second-order valence-electron chi connectivity index (χ2n) is 4.54. The summed E-state index contributed by atoms with van der Waals surface area (Å²) < 4.78 is 11.2. The molecule has 0 spiro atoms. The number of hydrogen-bond donors (Lipinski definition) is 1. The number of oxazole rings is 1. The second kappa shape index (κ2) is 6.75. The first-order chi connectivity index (χ1) is 8.83. The van der Waals surface area contributed by atoms with Gasteiger partial charge in [-0.25, -0.2) is 0 Å². The molecule has 102 valence electrons. The molecule has 2 heterocycles. The Morgan fingerprint density at radius 1 is 1.44 bits per heavy atom. The van der Waals surface area contributed by atoms with Crippen LogP contribution in [0.1, 0.15) is 32.4 Å². The van der Waals surface area contributed by atoms with Gasteiger partial charge in [0, 0.05) is 26.2 Å². The van der Waals surface area contributed by atoms with Crippen LogP contribution >= 0.6 is 0 Å². The van der Waals surface area contributed by atoms with E-state index >= 15 is 0 Å². The minimum atomic E-state index is 0.405. The summed E-state index contributed by atoms with van der Waals surface area (Å²) in [6.45, 7) is 8.58. The van der Waals surface area contributed by atoms with E-state index in [1.807, 2.05) is 6.92 Å². The summed E-state index contributed by atoms with van der Waals surface area (Å²) in [5.74, 6) is 0. The number of rotatable bonds is 6. The Labute approximate surface area is 109 Å². The molecule has 1 aliphatic heterocycles. The summed E-state index contributed by atoms with van der Waals surface area (Å²) in [5, 5.41) is 3.24. The third-order valence-electron chi connectivity index (χ3n) is 3.21. The van der Waals surface area contributed by atoms with Crippen LogP contribution in [-0.2, 0) is 11.3 Å². The first-order valence-corrected chi connectivity index (χ1v) is 6.85. The molecule has 0 bridgehead atoms. The van der Waals surface area contributed by atoms with Gasteiger partial charge in [0.1, 0.15) is 6.26 Å². The van der Waals surface area contributed by atoms with E-state index in [-0.39, 0.29) is 0 Å². The maximum atomic E-state index is 5.64. The summed E-state index contributed by atoms with van der Waals surface area (Å²) >= 11 is 0. The highest BCUT2D eigenvalue weighted by molar-refractivity contribution is 5.27. The fourth-order valence-electron chi connectivity index (χ4n) is 2.23. The number of nitrogens with one attached hydrogen (secondary N) is 1. The third kappa shape index (κ3) is 3.46. The molecule has 1 aromatic heterocycles. The van der Waals surface area contributed by atoms with Gasteiger partial charge in [-0.2, -0.15) is 4.98 Å². The van der Waals surface area contributed by atoms with Gasteiger partial charge in [0.15, 0.2) is 0 Å². The van der Waals surface area contributed by atoms with Crippen LogP contribution in [0.4, 0.5) is 6.01 Å². The molecule has 0 atom stereocenters. The van der Waals surface area contributed by atoms with Crippen LogP contribution in [0.3, 0.4) is 0 Å². The largest absolute Gasteiger partial charge is 0.432 e. The Hall–Kier alpha value is -1.07. The van der Waals surface area contributed by atoms with E-state index < -0.39 is 0 Å². The van der Waals surface area contributed by atoms with Crippen LogP contribution in [0, 0.1) is 0 Å². The van der Waals surface area contributed by atoms with Gasteiger partial charge in [-0.15, -0.1) is 0 Å². The van der Waals surface area contributed by atoms with Crippen molar-refractivity contribution in [3.8, 4) is 0 Å². The van der Waals surface area contributed by atoms with Gasteiger partial charge in [-0.1, -0.05) is 6.92 Å². The van der Waals surface area contributed by atoms with E-state index in [1.54, 1.807) is 6.26 Å². The highest BCUT2D eigenvalue weighted by Crippen LogP contribution is 2.20. The van der Waals surface area contributed by atoms with Crippen molar-refractivity contribution in [2.45, 2.75) is 39.3 Å². The van der Waals surface area contributed by atoms with Gasteiger partial charge >= 0.3 is 0 Å². The molecule has 18 heavy (non-hydrogen) atoms. The van der Waals surface area contributed by atoms with Crippen molar-refractivity contribution < 1.29 is 9.15 Å². The van der Waals surface area contributed by atoms with E-state index in [0.29, 0.717) is 6.10 Å². The quantitative estimate of drug-likeness (QED) is 0.837. The summed E-state index contributed by atoms with van der Waals surface area (Å²) in [7, 11) is 0. The zero-order valence-corrected chi connectivity index (χ0v) is 11.3. The summed E-state index contributed by atoms with van der Waals surface area (Å²) in [6.07, 6.45) is 4.26. The van der Waals surface area contributed by atoms with Crippen molar-refractivity contribution in [3.05, 3.63) is 12.0 Å². The van der Waals surface area contributed by atoms with Crippen molar-refractivity contribution >= 4 is 6.01 Å². The molecule has 0 saturated carbocycles. The third-order valence-corrected chi connectivity index (χ3v) is 3.21. The highest BCUT2D eigenvalue weighted by Gasteiger charge is 2.22. The molecule has 1 saturated heterocycles. The standard InChI is InChI=1S/C13H23N3O2/c1-3-14-9-11-10-18-13(15-11)16-7-5-12(6-8-16)17-4-2/h10,12,14H,3-9H2,1-2H3. The van der Waals surface area contributed by atoms with Crippen LogP contribution in [0.25, 0.3) is 0 Å². The van der Waals surface area contributed by atoms with Gasteiger partial charge in [-0.05, 0) is 26.3 Å². The molecule has 1 fully saturated rings. The van der Waals surface area contributed by atoms with Gasteiger partial charge in [0.2, 0.25) is 0 Å². The summed E-state index contributed by atoms with van der Waals surface area (Å²) in [6, 6.07) is 0.748. The summed E-state index contributed by atoms with van der Waals surface area (Å²) in [5.41, 5.74) is 0.971. The number of anilines is 1. The predicted molar refractivity (Wildman–Crippen MR) is 70.7 cm³/mol. The first-order valence-electron chi connectivity index (χ1n) is 6.85. The number of nitrogens with zero attached hydrogens (tertiary/aromatic N) is 2. The number of hydrogen-bond acceptors (Lipinski definition) is 5. The number of ether oxygens (including phenoxy) is 1. The lowest BCUT2D eigenvalue weighted by Gasteiger charge is -2.30. The van der Waals surface area contributed by atoms with E-state index in [9.17, 15) is 0 Å². The lowest BCUT2D eigenvalue weighted by molar-refractivity contribution is 0.0453. The van der Waals surface area contributed by atoms with Crippen LogP contribution in [-0.4, -0.2) is 37.3 Å². The maximum absolute atomic E-state index is 5.64. The first kappa shape index (κ1) is 13.4. The van der Waals surface area contributed by atoms with E-state index in [4.69, 9.17) is 9.15 Å². The minimum absolute atomic E-state index is 0.405. The molecule has 1 aliphatic rings. The lowest BCUT2D eigenvalue weighted by Crippen LogP contribution is -2.37. The van der Waals surface area contributed by atoms with Crippen LogP contribution in [0.5, 0.6) is 0 Å². The zero-order chi connectivity index (χ0) is 12.8. The van der Waals surface area contributed by atoms with Crippen molar-refractivity contribution in [1.29, 1.82) is 0 Å². The minimum Gasteiger partial charge on any atom is -0.432 e. The average Bonchev–Trinajstić information content (AvgIpc) is 2.86. The van der Waals surface area contributed by atoms with Gasteiger partial charge < -0.3 is 19.4 Å². The molecule has 5 nitrogen and oxygen atoms in total. The van der Waals surface area contributed by atoms with Crippen LogP contribution < -0.4 is 10.2 Å². The van der Waals surface area contributed by atoms with Gasteiger partial charge in [0.25, 0.3) is 6.01 Å². The molecule has 5 heteroatoms. The van der Waals surface area contributed by atoms with Crippen molar-refractivity contribution in [2.75, 3.05) is 31.1 Å². The van der Waals surface area contributed by atoms with E-state index in [1.165, 1.54) is 0 Å². The number of piperidine rings is 1. The number of aromatic nitrogens is 1. The SMILES string of the molecule is CCNCc1coc(N2CCC(OCC)CC2)n1. The highest BCUT2D eigenvalue weighted by atomic mass is 16.5. The Morgan fingerprint density at radius 2 is 2.22 bits per heavy atom. The van der Waals surface area contributed by atoms with Crippen molar-refractivity contribution in [2.24, 2.45) is 0 Å². The Morgan fingerprint density at radius 3 is 2.89 bits per heavy atom. The molecule has 0 aliphatic carbocycles. The molecule has 2 rings (SSSR count). The molecular formula is C13H23N3O2. The molecule has 1 aromatic rings. The van der Waals surface area contributed by atoms with Crippen LogP contribution in [0.2, 0.25) is 0 Å². The van der Waals surface area contributed by atoms with Crippen LogP contribution in [0.15, 0.2) is 10.7 Å². The van der Waals surface area contributed by atoms with E-state index in [2.05, 4.69) is 22.1 Å². The fraction of sp³-hybridized carbons (Fsp3) is 0.769. The smallest absolute Gasteiger partial charge is 0.297 e. The normalized spacial score (nSPS) is 17.3. The molecule has 1 N–H and O–H groups in total. The van der Waals surface area contributed by atoms with Gasteiger partial charge in [0.05, 0.1) is 11.8 Å². The Balaban J connectivity index is 1.83. The van der Waals surface area contributed by atoms with Crippen molar-refractivity contribution in [1.82, 2.24) is 10.3 Å². The van der Waals surface area contributed by atoms with E-state index in [0.717, 1.165) is 57.3 Å². The monoisotopic (exact) mass is 253 g/mol. The molecule has 0 unspecified atom stereocenters. The zero-order valence-electron chi connectivity index (χ0n) is 11.3. The topological polar surface area (TPSA) is 50.5 Å². The predicted octanol–water partition coefficient (Wildman–Crippen LogP) is 1.79. The fourth-order valence-corrected chi connectivity index (χ4v) is 2.23. The lowest BCUT2D eigenvalue weighted by atomic mass is 10.1.